The normalized spacial score (nSPS) is 19.9. The second-order valence-electron chi connectivity index (χ2n) is 7.36. The lowest BCUT2D eigenvalue weighted by Crippen LogP contribution is -2.56. The highest BCUT2D eigenvalue weighted by Gasteiger charge is 2.37. The molecular formula is C19H33Cl3N4O. The van der Waals surface area contributed by atoms with Crippen LogP contribution in [0.5, 0.6) is 0 Å². The van der Waals surface area contributed by atoms with E-state index in [-0.39, 0.29) is 49.2 Å². The zero-order chi connectivity index (χ0) is 17.0. The summed E-state index contributed by atoms with van der Waals surface area (Å²) < 4.78 is 0. The minimum atomic E-state index is -0.625. The predicted octanol–water partition coefficient (Wildman–Crippen LogP) is 2.85. The Morgan fingerprint density at radius 2 is 1.63 bits per heavy atom. The van der Waals surface area contributed by atoms with Gasteiger partial charge in [-0.1, -0.05) is 31.0 Å². The van der Waals surface area contributed by atoms with Gasteiger partial charge in [-0.15, -0.1) is 37.2 Å². The fourth-order valence-corrected chi connectivity index (χ4v) is 3.86. The molecule has 0 radical (unpaired) electrons. The molecule has 1 amide bonds. The van der Waals surface area contributed by atoms with Gasteiger partial charge >= 0.3 is 0 Å². The molecular weight excluding hydrogens is 407 g/mol. The van der Waals surface area contributed by atoms with E-state index in [1.165, 1.54) is 5.69 Å². The maximum Gasteiger partial charge on any atom is 0.240 e. The van der Waals surface area contributed by atoms with Crippen LogP contribution in [0.3, 0.4) is 0 Å². The molecule has 27 heavy (non-hydrogen) atoms. The summed E-state index contributed by atoms with van der Waals surface area (Å²) >= 11 is 0. The lowest BCUT2D eigenvalue weighted by molar-refractivity contribution is -0.126. The molecule has 2 fully saturated rings. The Bertz CT molecular complexity index is 547. The van der Waals surface area contributed by atoms with Crippen LogP contribution in [0.2, 0.25) is 0 Å². The number of nitrogens with one attached hydrogen (secondary N) is 1. The van der Waals surface area contributed by atoms with Gasteiger partial charge in [-0.05, 0) is 31.9 Å². The first kappa shape index (κ1) is 26.3. The van der Waals surface area contributed by atoms with Gasteiger partial charge in [-0.2, -0.15) is 0 Å². The van der Waals surface area contributed by atoms with Crippen molar-refractivity contribution in [1.82, 2.24) is 10.2 Å². The van der Waals surface area contributed by atoms with Crippen LogP contribution < -0.4 is 16.0 Å². The molecule has 1 aromatic rings. The van der Waals surface area contributed by atoms with Crippen molar-refractivity contribution in [1.29, 1.82) is 0 Å². The molecule has 1 heterocycles. The average molecular weight is 440 g/mol. The van der Waals surface area contributed by atoms with E-state index in [1.807, 2.05) is 0 Å². The molecule has 3 N–H and O–H groups in total. The van der Waals surface area contributed by atoms with E-state index in [2.05, 4.69) is 52.4 Å². The molecule has 0 aromatic heterocycles. The second-order valence-corrected chi connectivity index (χ2v) is 7.36. The number of nitrogens with zero attached hydrogens (tertiary/aromatic N) is 2. The summed E-state index contributed by atoms with van der Waals surface area (Å²) in [5.74, 6) is 0.0374. The van der Waals surface area contributed by atoms with Crippen molar-refractivity contribution in [3.63, 3.8) is 0 Å². The van der Waals surface area contributed by atoms with E-state index in [4.69, 9.17) is 5.73 Å². The highest BCUT2D eigenvalue weighted by Crippen LogP contribution is 2.27. The average Bonchev–Trinajstić information content (AvgIpc) is 3.04. The van der Waals surface area contributed by atoms with Gasteiger partial charge in [0.25, 0.3) is 0 Å². The number of para-hydroxylation sites is 1. The Balaban J connectivity index is 0.00000225. The first-order chi connectivity index (χ1) is 11.6. The lowest BCUT2D eigenvalue weighted by atomic mass is 9.97. The molecule has 1 saturated heterocycles. The fraction of sp³-hybridized carbons (Fsp3) is 0.632. The van der Waals surface area contributed by atoms with Crippen LogP contribution >= 0.6 is 37.2 Å². The van der Waals surface area contributed by atoms with Crippen molar-refractivity contribution >= 4 is 48.8 Å². The molecule has 1 aliphatic carbocycles. The van der Waals surface area contributed by atoms with E-state index >= 15 is 0 Å². The number of anilines is 1. The van der Waals surface area contributed by atoms with Crippen LogP contribution in [0.4, 0.5) is 5.69 Å². The maximum absolute atomic E-state index is 12.4. The van der Waals surface area contributed by atoms with Crippen LogP contribution in [0.15, 0.2) is 30.3 Å². The van der Waals surface area contributed by atoms with E-state index in [0.717, 1.165) is 58.4 Å². The van der Waals surface area contributed by atoms with Gasteiger partial charge in [0.1, 0.15) is 0 Å². The number of rotatable bonds is 5. The number of piperazine rings is 1. The van der Waals surface area contributed by atoms with E-state index in [1.54, 1.807) is 0 Å². The lowest BCUT2D eigenvalue weighted by Gasteiger charge is -2.37. The molecule has 1 atom stereocenters. The van der Waals surface area contributed by atoms with Crippen LogP contribution in [-0.2, 0) is 4.79 Å². The minimum Gasteiger partial charge on any atom is -0.369 e. The highest BCUT2D eigenvalue weighted by molar-refractivity contribution is 5.86. The Kier molecular flexibility index (Phi) is 11.7. The molecule has 0 spiro atoms. The second kappa shape index (κ2) is 12.0. The molecule has 1 saturated carbocycles. The molecule has 5 nitrogen and oxygen atoms in total. The van der Waals surface area contributed by atoms with Gasteiger partial charge in [0, 0.05) is 44.5 Å². The number of amides is 1. The Hall–Kier alpha value is -0.720. The van der Waals surface area contributed by atoms with Crippen LogP contribution in [0, 0.1) is 0 Å². The fourth-order valence-electron chi connectivity index (χ4n) is 3.86. The van der Waals surface area contributed by atoms with Crippen molar-refractivity contribution in [3.05, 3.63) is 30.3 Å². The molecule has 2 aliphatic rings. The van der Waals surface area contributed by atoms with Gasteiger partial charge in [0.05, 0.1) is 5.54 Å². The topological polar surface area (TPSA) is 61.6 Å². The third-order valence-electron chi connectivity index (χ3n) is 5.35. The molecule has 156 valence electrons. The highest BCUT2D eigenvalue weighted by atomic mass is 35.5. The molecule has 0 bridgehead atoms. The number of halogens is 3. The van der Waals surface area contributed by atoms with Gasteiger partial charge in [0.2, 0.25) is 5.91 Å². The first-order valence-corrected chi connectivity index (χ1v) is 9.19. The number of nitrogens with two attached hydrogens (primary N) is 1. The monoisotopic (exact) mass is 438 g/mol. The van der Waals surface area contributed by atoms with Crippen molar-refractivity contribution < 1.29 is 4.79 Å². The Morgan fingerprint density at radius 1 is 1.07 bits per heavy atom. The molecule has 1 aromatic carbocycles. The van der Waals surface area contributed by atoms with E-state index in [9.17, 15) is 4.79 Å². The van der Waals surface area contributed by atoms with Crippen molar-refractivity contribution in [3.8, 4) is 0 Å². The number of hydrogen-bond donors (Lipinski definition) is 2. The first-order valence-electron chi connectivity index (χ1n) is 9.19. The van der Waals surface area contributed by atoms with Gasteiger partial charge < -0.3 is 16.0 Å². The van der Waals surface area contributed by atoms with Gasteiger partial charge in [0.15, 0.2) is 0 Å². The van der Waals surface area contributed by atoms with Crippen molar-refractivity contribution in [2.24, 2.45) is 5.73 Å². The number of benzene rings is 1. The van der Waals surface area contributed by atoms with E-state index < -0.39 is 5.54 Å². The summed E-state index contributed by atoms with van der Waals surface area (Å²) in [5.41, 5.74) is 6.91. The summed E-state index contributed by atoms with van der Waals surface area (Å²) in [7, 11) is 0. The Labute approximate surface area is 181 Å². The number of hydrogen-bond acceptors (Lipinski definition) is 4. The standard InChI is InChI=1S/C19H30N4O.3ClH/c1-16(21-18(24)19(20)9-5-6-10-19)15-22-11-13-23(14-12-22)17-7-3-2-4-8-17;;;/h2-4,7-8,16H,5-6,9-15,20H2,1H3,(H,21,24);3*1H. The summed E-state index contributed by atoms with van der Waals surface area (Å²) in [5, 5.41) is 3.13. The summed E-state index contributed by atoms with van der Waals surface area (Å²) in [6, 6.07) is 10.7. The summed E-state index contributed by atoms with van der Waals surface area (Å²) in [6.07, 6.45) is 3.78. The number of carbonyl (C=O) groups is 1. The minimum absolute atomic E-state index is 0. The van der Waals surface area contributed by atoms with Crippen LogP contribution in [0.1, 0.15) is 32.6 Å². The zero-order valence-electron chi connectivity index (χ0n) is 15.9. The third kappa shape index (κ3) is 6.99. The number of carbonyl (C=O) groups excluding carboxylic acids is 1. The van der Waals surface area contributed by atoms with E-state index in [0.29, 0.717) is 0 Å². The predicted molar refractivity (Wildman–Crippen MR) is 120 cm³/mol. The quantitative estimate of drug-likeness (QED) is 0.740. The summed E-state index contributed by atoms with van der Waals surface area (Å²) in [6.45, 7) is 7.10. The van der Waals surface area contributed by atoms with Crippen molar-refractivity contribution in [2.45, 2.75) is 44.2 Å². The van der Waals surface area contributed by atoms with Crippen molar-refractivity contribution in [2.75, 3.05) is 37.6 Å². The van der Waals surface area contributed by atoms with Gasteiger partial charge in [-0.3, -0.25) is 9.69 Å². The molecule has 3 rings (SSSR count). The van der Waals surface area contributed by atoms with Crippen LogP contribution in [0.25, 0.3) is 0 Å². The van der Waals surface area contributed by atoms with Crippen LogP contribution in [-0.4, -0.2) is 55.1 Å². The SMILES string of the molecule is CC(CN1CCN(c2ccccc2)CC1)NC(=O)C1(N)CCCC1.Cl.Cl.Cl. The summed E-state index contributed by atoms with van der Waals surface area (Å²) in [4.78, 5) is 17.2. The molecule has 1 unspecified atom stereocenters. The largest absolute Gasteiger partial charge is 0.369 e. The third-order valence-corrected chi connectivity index (χ3v) is 5.35. The Morgan fingerprint density at radius 3 is 2.19 bits per heavy atom. The smallest absolute Gasteiger partial charge is 0.240 e. The zero-order valence-corrected chi connectivity index (χ0v) is 18.4. The van der Waals surface area contributed by atoms with Gasteiger partial charge in [-0.25, -0.2) is 0 Å². The maximum atomic E-state index is 12.4. The molecule has 8 heteroatoms. The molecule has 1 aliphatic heterocycles.